The quantitative estimate of drug-likeness (QED) is 0.904. The first-order valence-electron chi connectivity index (χ1n) is 6.56. The average molecular weight is 326 g/mol. The normalized spacial score (nSPS) is 11.9. The van der Waals surface area contributed by atoms with Crippen molar-refractivity contribution < 1.29 is 4.79 Å². The first kappa shape index (κ1) is 17.6. The van der Waals surface area contributed by atoms with Crippen molar-refractivity contribution >= 4 is 35.3 Å². The van der Waals surface area contributed by atoms with Crippen LogP contribution in [0, 0.1) is 12.8 Å². The maximum atomic E-state index is 12.0. The van der Waals surface area contributed by atoms with Gasteiger partial charge >= 0.3 is 0 Å². The highest BCUT2D eigenvalue weighted by molar-refractivity contribution is 7.09. The highest BCUT2D eigenvalue weighted by atomic mass is 35.5. The predicted octanol–water partition coefficient (Wildman–Crippen LogP) is 3.46. The third kappa shape index (κ3) is 4.52. The highest BCUT2D eigenvalue weighted by Crippen LogP contribution is 2.24. The Morgan fingerprint density at radius 2 is 2.10 bits per heavy atom. The number of anilines is 1. The second kappa shape index (κ2) is 7.54. The van der Waals surface area contributed by atoms with Gasteiger partial charge in [0.1, 0.15) is 0 Å². The fourth-order valence-electron chi connectivity index (χ4n) is 1.78. The summed E-state index contributed by atoms with van der Waals surface area (Å²) in [6.07, 6.45) is 0. The molecule has 0 fully saturated rings. The molecule has 0 aliphatic rings. The van der Waals surface area contributed by atoms with Crippen LogP contribution in [0.3, 0.4) is 0 Å². The fraction of sp³-hybridized carbons (Fsp3) is 0.333. The van der Waals surface area contributed by atoms with E-state index in [4.69, 9.17) is 5.73 Å². The Morgan fingerprint density at radius 1 is 1.38 bits per heavy atom. The number of hydrogen-bond donors (Lipinski definition) is 2. The summed E-state index contributed by atoms with van der Waals surface area (Å²) in [6, 6.07) is 7.15. The van der Waals surface area contributed by atoms with Crippen LogP contribution in [0.2, 0.25) is 0 Å². The molecule has 21 heavy (non-hydrogen) atoms. The summed E-state index contributed by atoms with van der Waals surface area (Å²) in [4.78, 5) is 16.4. The van der Waals surface area contributed by atoms with Gasteiger partial charge in [-0.05, 0) is 25.0 Å². The minimum Gasteiger partial charge on any atom is -0.325 e. The lowest BCUT2D eigenvalue weighted by atomic mass is 10.0. The van der Waals surface area contributed by atoms with Crippen molar-refractivity contribution in [2.45, 2.75) is 26.8 Å². The summed E-state index contributed by atoms with van der Waals surface area (Å²) >= 11 is 1.61. The van der Waals surface area contributed by atoms with Gasteiger partial charge in [-0.3, -0.25) is 4.79 Å². The molecule has 1 aromatic heterocycles. The topological polar surface area (TPSA) is 68.0 Å². The number of halogens is 1. The van der Waals surface area contributed by atoms with Gasteiger partial charge in [0, 0.05) is 16.6 Å². The number of rotatable bonds is 4. The molecule has 6 heteroatoms. The van der Waals surface area contributed by atoms with E-state index in [-0.39, 0.29) is 24.2 Å². The molecule has 3 N–H and O–H groups in total. The monoisotopic (exact) mass is 325 g/mol. The smallest absolute Gasteiger partial charge is 0.241 e. The Balaban J connectivity index is 0.00000220. The molecule has 1 unspecified atom stereocenters. The minimum atomic E-state index is -0.500. The summed E-state index contributed by atoms with van der Waals surface area (Å²) in [5.74, 6) is -0.0500. The van der Waals surface area contributed by atoms with Gasteiger partial charge in [0.2, 0.25) is 5.91 Å². The van der Waals surface area contributed by atoms with Crippen LogP contribution in [0.5, 0.6) is 0 Å². The van der Waals surface area contributed by atoms with Crippen LogP contribution in [-0.2, 0) is 4.79 Å². The molecular weight excluding hydrogens is 306 g/mol. The number of amides is 1. The van der Waals surface area contributed by atoms with Crippen molar-refractivity contribution in [1.82, 2.24) is 4.98 Å². The van der Waals surface area contributed by atoms with Crippen LogP contribution in [0.25, 0.3) is 11.3 Å². The SMILES string of the molecule is Cc1nc(-c2cccc(NC(=O)C(N)C(C)C)c2)cs1.Cl. The van der Waals surface area contributed by atoms with Gasteiger partial charge in [-0.25, -0.2) is 4.98 Å². The largest absolute Gasteiger partial charge is 0.325 e. The number of benzene rings is 1. The molecule has 0 bridgehead atoms. The lowest BCUT2D eigenvalue weighted by Gasteiger charge is -2.15. The van der Waals surface area contributed by atoms with Crippen LogP contribution in [0.15, 0.2) is 29.6 Å². The second-order valence-electron chi connectivity index (χ2n) is 5.09. The lowest BCUT2D eigenvalue weighted by molar-refractivity contribution is -0.118. The predicted molar refractivity (Wildman–Crippen MR) is 91.0 cm³/mol. The van der Waals surface area contributed by atoms with E-state index < -0.39 is 6.04 Å². The summed E-state index contributed by atoms with van der Waals surface area (Å²) in [5, 5.41) is 5.89. The molecule has 2 aromatic rings. The van der Waals surface area contributed by atoms with Crippen molar-refractivity contribution in [1.29, 1.82) is 0 Å². The molecule has 1 atom stereocenters. The number of hydrogen-bond acceptors (Lipinski definition) is 4. The zero-order valence-corrected chi connectivity index (χ0v) is 13.9. The standard InChI is InChI=1S/C15H19N3OS.ClH/c1-9(2)14(16)15(19)18-12-6-4-5-11(7-12)13-8-20-10(3)17-13;/h4-9,14H,16H2,1-3H3,(H,18,19);1H. The van der Waals surface area contributed by atoms with Crippen molar-refractivity contribution in [2.24, 2.45) is 11.7 Å². The molecule has 0 saturated heterocycles. The molecule has 0 saturated carbocycles. The maximum Gasteiger partial charge on any atom is 0.241 e. The van der Waals surface area contributed by atoms with Crippen LogP contribution < -0.4 is 11.1 Å². The molecule has 114 valence electrons. The Morgan fingerprint density at radius 3 is 2.67 bits per heavy atom. The first-order chi connectivity index (χ1) is 9.47. The number of thiazole rings is 1. The molecule has 0 aliphatic heterocycles. The first-order valence-corrected chi connectivity index (χ1v) is 7.44. The molecule has 0 aliphatic carbocycles. The molecule has 2 rings (SSSR count). The summed E-state index contributed by atoms with van der Waals surface area (Å²) in [5.41, 5.74) is 8.50. The summed E-state index contributed by atoms with van der Waals surface area (Å²) in [7, 11) is 0. The average Bonchev–Trinajstić information content (AvgIpc) is 2.84. The maximum absolute atomic E-state index is 12.0. The van der Waals surface area contributed by atoms with E-state index >= 15 is 0 Å². The molecule has 4 nitrogen and oxygen atoms in total. The Bertz CT molecular complexity index is 612. The van der Waals surface area contributed by atoms with E-state index in [1.807, 2.05) is 50.4 Å². The number of nitrogens with two attached hydrogens (primary N) is 1. The van der Waals surface area contributed by atoms with Crippen molar-refractivity contribution in [2.75, 3.05) is 5.32 Å². The van der Waals surface area contributed by atoms with E-state index in [2.05, 4.69) is 10.3 Å². The number of aromatic nitrogens is 1. The lowest BCUT2D eigenvalue weighted by Crippen LogP contribution is -2.39. The van der Waals surface area contributed by atoms with Crippen LogP contribution in [-0.4, -0.2) is 16.9 Å². The second-order valence-corrected chi connectivity index (χ2v) is 6.15. The zero-order valence-electron chi connectivity index (χ0n) is 12.3. The van der Waals surface area contributed by atoms with Crippen molar-refractivity contribution in [3.05, 3.63) is 34.7 Å². The molecule has 0 radical (unpaired) electrons. The van der Waals surface area contributed by atoms with E-state index in [1.165, 1.54) is 0 Å². The molecule has 1 aromatic carbocycles. The zero-order chi connectivity index (χ0) is 14.7. The van der Waals surface area contributed by atoms with E-state index in [9.17, 15) is 4.79 Å². The van der Waals surface area contributed by atoms with E-state index in [0.29, 0.717) is 0 Å². The van der Waals surface area contributed by atoms with Gasteiger partial charge in [0.25, 0.3) is 0 Å². The van der Waals surface area contributed by atoms with Crippen molar-refractivity contribution in [3.63, 3.8) is 0 Å². The van der Waals surface area contributed by atoms with Crippen LogP contribution in [0.1, 0.15) is 18.9 Å². The van der Waals surface area contributed by atoms with Gasteiger partial charge < -0.3 is 11.1 Å². The van der Waals surface area contributed by atoms with Gasteiger partial charge in [0.05, 0.1) is 16.7 Å². The van der Waals surface area contributed by atoms with Crippen LogP contribution in [0.4, 0.5) is 5.69 Å². The fourth-order valence-corrected chi connectivity index (χ4v) is 2.40. The van der Waals surface area contributed by atoms with Gasteiger partial charge in [-0.15, -0.1) is 23.7 Å². The highest BCUT2D eigenvalue weighted by Gasteiger charge is 2.17. The number of nitrogens with one attached hydrogen (secondary N) is 1. The van der Waals surface area contributed by atoms with Crippen molar-refractivity contribution in [3.8, 4) is 11.3 Å². The molecular formula is C15H20ClN3OS. The summed E-state index contributed by atoms with van der Waals surface area (Å²) in [6.45, 7) is 5.83. The number of carbonyl (C=O) groups excluding carboxylic acids is 1. The Labute approximate surface area is 135 Å². The van der Waals surface area contributed by atoms with E-state index in [1.54, 1.807) is 11.3 Å². The third-order valence-electron chi connectivity index (χ3n) is 3.07. The van der Waals surface area contributed by atoms with Gasteiger partial charge in [-0.2, -0.15) is 0 Å². The Hall–Kier alpha value is -1.43. The van der Waals surface area contributed by atoms with E-state index in [0.717, 1.165) is 22.0 Å². The molecule has 1 heterocycles. The minimum absolute atomic E-state index is 0. The number of carbonyl (C=O) groups is 1. The van der Waals surface area contributed by atoms with Crippen LogP contribution >= 0.6 is 23.7 Å². The number of aryl methyl sites for hydroxylation is 1. The third-order valence-corrected chi connectivity index (χ3v) is 3.84. The number of nitrogens with zero attached hydrogens (tertiary/aromatic N) is 1. The summed E-state index contributed by atoms with van der Waals surface area (Å²) < 4.78 is 0. The van der Waals surface area contributed by atoms with Gasteiger partial charge in [-0.1, -0.05) is 26.0 Å². The van der Waals surface area contributed by atoms with Gasteiger partial charge in [0.15, 0.2) is 0 Å². The molecule has 1 amide bonds. The molecule has 0 spiro atoms. The Kier molecular flexibility index (Phi) is 6.33.